The molecule has 1 aromatic heterocycles. The lowest BCUT2D eigenvalue weighted by atomic mass is 10.1. The highest BCUT2D eigenvalue weighted by atomic mass is 35.5. The van der Waals surface area contributed by atoms with Gasteiger partial charge in [0.2, 0.25) is 5.82 Å². The summed E-state index contributed by atoms with van der Waals surface area (Å²) >= 11 is 5.85. The number of aromatic carboxylic acids is 1. The Morgan fingerprint density at radius 3 is 2.42 bits per heavy atom. The van der Waals surface area contributed by atoms with E-state index >= 15 is 4.39 Å². The summed E-state index contributed by atoms with van der Waals surface area (Å²) in [6, 6.07) is 5.02. The molecule has 0 fully saturated rings. The van der Waals surface area contributed by atoms with E-state index < -0.39 is 70.0 Å². The quantitative estimate of drug-likeness (QED) is 0.438. The van der Waals surface area contributed by atoms with Crippen molar-refractivity contribution in [2.75, 3.05) is 5.32 Å². The van der Waals surface area contributed by atoms with Gasteiger partial charge in [-0.05, 0) is 38.1 Å². The fourth-order valence-electron chi connectivity index (χ4n) is 3.04. The molecule has 1 heterocycles. The molecule has 2 aromatic carbocycles. The zero-order valence-corrected chi connectivity index (χ0v) is 19.1. The molecule has 0 radical (unpaired) electrons. The normalized spacial score (nSPS) is 12.3. The van der Waals surface area contributed by atoms with Crippen molar-refractivity contribution < 1.29 is 41.4 Å². The van der Waals surface area contributed by atoms with Crippen LogP contribution in [0.15, 0.2) is 35.1 Å². The first kappa shape index (κ1) is 26.7. The van der Waals surface area contributed by atoms with Crippen LogP contribution in [0.3, 0.4) is 0 Å². The van der Waals surface area contributed by atoms with Crippen molar-refractivity contribution in [3.63, 3.8) is 0 Å². The number of carboxylic acids is 1. The Labute approximate surface area is 203 Å². The minimum Gasteiger partial charge on any atom is -0.477 e. The van der Waals surface area contributed by atoms with Crippen LogP contribution in [-0.4, -0.2) is 43.6 Å². The third-order valence-corrected chi connectivity index (χ3v) is 5.19. The molecule has 9 nitrogen and oxygen atoms in total. The number of amides is 1. The molecule has 36 heavy (non-hydrogen) atoms. The summed E-state index contributed by atoms with van der Waals surface area (Å²) in [5, 5.41) is 14.6. The summed E-state index contributed by atoms with van der Waals surface area (Å²) < 4.78 is 74.9. The highest BCUT2D eigenvalue weighted by molar-refractivity contribution is 6.34. The molecule has 0 saturated carbocycles. The molecule has 3 rings (SSSR count). The molecular formula is C21H16ClF5N4O5. The van der Waals surface area contributed by atoms with Crippen LogP contribution >= 0.6 is 11.6 Å². The van der Waals surface area contributed by atoms with Crippen molar-refractivity contribution in [2.45, 2.75) is 32.7 Å². The van der Waals surface area contributed by atoms with Crippen LogP contribution in [0, 0.1) is 11.6 Å². The molecule has 0 aliphatic heterocycles. The summed E-state index contributed by atoms with van der Waals surface area (Å²) in [6.45, 7) is 1.79. The van der Waals surface area contributed by atoms with Gasteiger partial charge in [0.1, 0.15) is 11.5 Å². The monoisotopic (exact) mass is 534 g/mol. The van der Waals surface area contributed by atoms with Gasteiger partial charge in [0, 0.05) is 6.54 Å². The van der Waals surface area contributed by atoms with Crippen LogP contribution in [0.5, 0.6) is 5.75 Å². The molecule has 2 N–H and O–H groups in total. The molecule has 0 bridgehead atoms. The largest absolute Gasteiger partial charge is 0.477 e. The number of hydrogen-bond donors (Lipinski definition) is 2. The Bertz CT molecular complexity index is 1380. The van der Waals surface area contributed by atoms with Gasteiger partial charge in [-0.25, -0.2) is 18.4 Å². The van der Waals surface area contributed by atoms with Crippen LogP contribution in [0.2, 0.25) is 5.02 Å². The molecular weight excluding hydrogens is 519 g/mol. The topological polar surface area (TPSA) is 115 Å². The van der Waals surface area contributed by atoms with Crippen LogP contribution in [0.1, 0.15) is 34.8 Å². The van der Waals surface area contributed by atoms with Gasteiger partial charge < -0.3 is 15.2 Å². The van der Waals surface area contributed by atoms with Gasteiger partial charge in [0.25, 0.3) is 5.91 Å². The summed E-state index contributed by atoms with van der Waals surface area (Å²) in [5.41, 5.74) is -3.22. The number of ether oxygens (including phenoxy) is 1. The van der Waals surface area contributed by atoms with Crippen LogP contribution in [0.25, 0.3) is 5.69 Å². The third-order valence-electron chi connectivity index (χ3n) is 4.88. The van der Waals surface area contributed by atoms with Crippen molar-refractivity contribution in [2.24, 2.45) is 0 Å². The first-order chi connectivity index (χ1) is 16.8. The number of alkyl halides is 3. The second-order valence-corrected chi connectivity index (χ2v) is 7.60. The zero-order valence-electron chi connectivity index (χ0n) is 18.4. The highest BCUT2D eigenvalue weighted by Crippen LogP contribution is 2.33. The highest BCUT2D eigenvalue weighted by Gasteiger charge is 2.40. The van der Waals surface area contributed by atoms with Gasteiger partial charge in [0.05, 0.1) is 16.3 Å². The zero-order chi connectivity index (χ0) is 26.9. The lowest BCUT2D eigenvalue weighted by molar-refractivity contribution is -0.189. The van der Waals surface area contributed by atoms with E-state index in [0.717, 1.165) is 18.2 Å². The van der Waals surface area contributed by atoms with E-state index in [1.807, 2.05) is 5.32 Å². The van der Waals surface area contributed by atoms with E-state index in [0.29, 0.717) is 16.2 Å². The Balaban J connectivity index is 2.19. The Kier molecular flexibility index (Phi) is 7.38. The number of carbonyl (C=O) groups excluding carboxylic acids is 1. The number of nitrogens with zero attached hydrogens (tertiary/aromatic N) is 3. The maximum atomic E-state index is 15.5. The maximum absolute atomic E-state index is 15.5. The van der Waals surface area contributed by atoms with Crippen molar-refractivity contribution >= 4 is 29.2 Å². The molecule has 1 amide bonds. The fraction of sp³-hybridized carbons (Fsp3) is 0.238. The minimum atomic E-state index is -4.98. The van der Waals surface area contributed by atoms with Crippen molar-refractivity contribution in [1.29, 1.82) is 0 Å². The third kappa shape index (κ3) is 5.03. The lowest BCUT2D eigenvalue weighted by Crippen LogP contribution is -2.32. The number of hydrogen-bond acceptors (Lipinski definition) is 5. The number of carboxylic acid groups (broad SMARTS) is 1. The molecule has 192 valence electrons. The first-order valence-electron chi connectivity index (χ1n) is 10.0. The standard InChI is InChI=1S/C21H16ClF5N4O5/c1-3-30-17(19(33)34)29-31(20(30)35)13-8-7-10(16(14(13)24)36-9(2)21(25,26)27)18(32)28-15-11(22)5-4-6-12(15)23/h4-9H,3H2,1-2H3,(H,28,32)(H,33,34)/t9-/m0/s1. The van der Waals surface area contributed by atoms with Crippen molar-refractivity contribution in [1.82, 2.24) is 14.3 Å². The van der Waals surface area contributed by atoms with Gasteiger partial charge >= 0.3 is 17.8 Å². The van der Waals surface area contributed by atoms with Gasteiger partial charge in [-0.3, -0.25) is 9.36 Å². The molecule has 3 aromatic rings. The van der Waals surface area contributed by atoms with Crippen molar-refractivity contribution in [3.8, 4) is 11.4 Å². The average molecular weight is 535 g/mol. The second-order valence-electron chi connectivity index (χ2n) is 7.20. The Morgan fingerprint density at radius 2 is 1.89 bits per heavy atom. The minimum absolute atomic E-state index is 0.166. The van der Waals surface area contributed by atoms with E-state index in [4.69, 9.17) is 16.3 Å². The summed E-state index contributed by atoms with van der Waals surface area (Å²) in [5.74, 6) is -7.50. The van der Waals surface area contributed by atoms with Crippen LogP contribution < -0.4 is 15.7 Å². The maximum Gasteiger partial charge on any atom is 0.425 e. The molecule has 0 aliphatic rings. The average Bonchev–Trinajstić information content (AvgIpc) is 3.13. The number of benzene rings is 2. The predicted octanol–water partition coefficient (Wildman–Crippen LogP) is 4.27. The predicted molar refractivity (Wildman–Crippen MR) is 116 cm³/mol. The van der Waals surface area contributed by atoms with Crippen LogP contribution in [0.4, 0.5) is 27.6 Å². The molecule has 0 aliphatic carbocycles. The van der Waals surface area contributed by atoms with E-state index in [2.05, 4.69) is 5.10 Å². The number of carbonyl (C=O) groups is 2. The number of halogens is 6. The Morgan fingerprint density at radius 1 is 1.22 bits per heavy atom. The summed E-state index contributed by atoms with van der Waals surface area (Å²) in [7, 11) is 0. The van der Waals surface area contributed by atoms with Gasteiger partial charge in [-0.1, -0.05) is 17.7 Å². The van der Waals surface area contributed by atoms with Gasteiger partial charge in [-0.2, -0.15) is 17.9 Å². The molecule has 0 saturated heterocycles. The molecule has 0 unspecified atom stereocenters. The number of rotatable bonds is 7. The van der Waals surface area contributed by atoms with E-state index in [-0.39, 0.29) is 11.6 Å². The van der Waals surface area contributed by atoms with E-state index in [9.17, 15) is 37.1 Å². The lowest BCUT2D eigenvalue weighted by Gasteiger charge is -2.21. The van der Waals surface area contributed by atoms with Crippen molar-refractivity contribution in [3.05, 3.63) is 68.9 Å². The van der Waals surface area contributed by atoms with Crippen LogP contribution in [-0.2, 0) is 6.54 Å². The molecule has 1 atom stereocenters. The Hall–Kier alpha value is -3.94. The van der Waals surface area contributed by atoms with E-state index in [1.165, 1.54) is 19.1 Å². The second kappa shape index (κ2) is 9.97. The smallest absolute Gasteiger partial charge is 0.425 e. The number of nitrogens with one attached hydrogen (secondary N) is 1. The molecule has 0 spiro atoms. The number of anilines is 1. The summed E-state index contributed by atoms with van der Waals surface area (Å²) in [6.07, 6.45) is -7.60. The number of para-hydroxylation sites is 1. The molecule has 15 heteroatoms. The number of aromatic nitrogens is 3. The van der Waals surface area contributed by atoms with Gasteiger partial charge in [0.15, 0.2) is 17.7 Å². The fourth-order valence-corrected chi connectivity index (χ4v) is 3.25. The van der Waals surface area contributed by atoms with Gasteiger partial charge in [-0.15, -0.1) is 5.10 Å². The summed E-state index contributed by atoms with van der Waals surface area (Å²) in [4.78, 5) is 36.8. The SMILES string of the molecule is CCn1c(C(=O)O)nn(-c2ccc(C(=O)Nc3c(F)cccc3Cl)c(O[C@@H](C)C(F)(F)F)c2F)c1=O. The van der Waals surface area contributed by atoms with E-state index in [1.54, 1.807) is 0 Å². The first-order valence-corrected chi connectivity index (χ1v) is 10.4.